The number of nitro benzene ring substituents is 1. The number of cyclic esters (lactones) is 2. The van der Waals surface area contributed by atoms with Gasteiger partial charge >= 0.3 is 11.9 Å². The van der Waals surface area contributed by atoms with Gasteiger partial charge in [0, 0.05) is 35.1 Å². The van der Waals surface area contributed by atoms with Crippen molar-refractivity contribution in [2.75, 3.05) is 5.32 Å². The van der Waals surface area contributed by atoms with Crippen LogP contribution in [0.1, 0.15) is 13.8 Å². The van der Waals surface area contributed by atoms with Gasteiger partial charge in [-0.1, -0.05) is 15.9 Å². The van der Waals surface area contributed by atoms with Crippen LogP contribution in [0, 0.1) is 10.1 Å². The molecule has 0 amide bonds. The first-order valence-electron chi connectivity index (χ1n) is 6.17. The van der Waals surface area contributed by atoms with Crippen LogP contribution in [0.5, 0.6) is 0 Å². The average Bonchev–Trinajstić information content (AvgIpc) is 2.37. The largest absolute Gasteiger partial charge is 0.419 e. The summed E-state index contributed by atoms with van der Waals surface area (Å²) in [5, 5.41) is 13.7. The van der Waals surface area contributed by atoms with Crippen molar-refractivity contribution in [1.29, 1.82) is 0 Å². The molecule has 0 radical (unpaired) electrons. The second-order valence-electron chi connectivity index (χ2n) is 4.92. The fraction of sp³-hybridized carbons (Fsp3) is 0.231. The minimum atomic E-state index is -1.35. The number of esters is 2. The lowest BCUT2D eigenvalue weighted by Crippen LogP contribution is -2.42. The van der Waals surface area contributed by atoms with Crippen molar-refractivity contribution in [3.63, 3.8) is 0 Å². The van der Waals surface area contributed by atoms with E-state index in [2.05, 4.69) is 37.2 Å². The lowest BCUT2D eigenvalue weighted by Gasteiger charge is -2.29. The number of nitrogens with one attached hydrogen (secondary N) is 1. The monoisotopic (exact) mass is 448 g/mol. The molecule has 0 spiro atoms. The third kappa shape index (κ3) is 3.88. The van der Waals surface area contributed by atoms with Gasteiger partial charge < -0.3 is 14.8 Å². The summed E-state index contributed by atoms with van der Waals surface area (Å²) in [4.78, 5) is 34.1. The minimum absolute atomic E-state index is 0.0798. The fourth-order valence-corrected chi connectivity index (χ4v) is 3.09. The van der Waals surface area contributed by atoms with Crippen molar-refractivity contribution in [2.24, 2.45) is 0 Å². The summed E-state index contributed by atoms with van der Waals surface area (Å²) >= 11 is 6.33. The number of nitrogens with zero attached hydrogens (tertiary/aromatic N) is 1. The molecular formula is C13H10Br2N2O6. The quantitative estimate of drug-likeness (QED) is 0.248. The number of carbonyl (C=O) groups is 2. The highest BCUT2D eigenvalue weighted by Crippen LogP contribution is 2.36. The number of rotatable bonds is 3. The van der Waals surface area contributed by atoms with Crippen LogP contribution in [-0.4, -0.2) is 22.6 Å². The number of hydrogen-bond donors (Lipinski definition) is 1. The Morgan fingerprint density at radius 1 is 1.22 bits per heavy atom. The molecule has 0 aromatic heterocycles. The molecule has 10 heteroatoms. The number of nitro groups is 1. The second kappa shape index (κ2) is 6.28. The summed E-state index contributed by atoms with van der Waals surface area (Å²) in [6, 6.07) is 2.86. The van der Waals surface area contributed by atoms with Crippen molar-refractivity contribution in [2.45, 2.75) is 19.6 Å². The normalized spacial score (nSPS) is 16.4. The third-order valence-electron chi connectivity index (χ3n) is 2.71. The van der Waals surface area contributed by atoms with Gasteiger partial charge in [-0.25, -0.2) is 9.59 Å². The SMILES string of the molecule is CC1(C)OC(=O)C(=CNc2c(Br)cc(Br)cc2[N+](=O)[O-])C(=O)O1. The van der Waals surface area contributed by atoms with Crippen molar-refractivity contribution in [1.82, 2.24) is 0 Å². The van der Waals surface area contributed by atoms with Crippen LogP contribution < -0.4 is 5.32 Å². The molecule has 1 saturated heterocycles. The zero-order valence-corrected chi connectivity index (χ0v) is 15.1. The van der Waals surface area contributed by atoms with E-state index in [-0.39, 0.29) is 11.4 Å². The molecule has 1 fully saturated rings. The number of carbonyl (C=O) groups excluding carboxylic acids is 2. The molecule has 2 rings (SSSR count). The molecule has 0 atom stereocenters. The average molecular weight is 450 g/mol. The van der Waals surface area contributed by atoms with Crippen LogP contribution in [-0.2, 0) is 19.1 Å². The van der Waals surface area contributed by atoms with E-state index in [0.29, 0.717) is 8.95 Å². The Morgan fingerprint density at radius 3 is 2.30 bits per heavy atom. The topological polar surface area (TPSA) is 108 Å². The van der Waals surface area contributed by atoms with Gasteiger partial charge in [0.05, 0.1) is 4.92 Å². The van der Waals surface area contributed by atoms with Gasteiger partial charge in [-0.2, -0.15) is 0 Å². The van der Waals surface area contributed by atoms with E-state index in [1.165, 1.54) is 19.9 Å². The molecule has 0 bridgehead atoms. The van der Waals surface area contributed by atoms with Gasteiger partial charge in [0.2, 0.25) is 0 Å². The van der Waals surface area contributed by atoms with E-state index in [4.69, 9.17) is 9.47 Å². The molecule has 1 N–H and O–H groups in total. The number of halogens is 2. The Balaban J connectivity index is 2.35. The summed E-state index contributed by atoms with van der Waals surface area (Å²) in [5.41, 5.74) is -0.564. The number of anilines is 1. The predicted molar refractivity (Wildman–Crippen MR) is 86.5 cm³/mol. The summed E-state index contributed by atoms with van der Waals surface area (Å²) in [7, 11) is 0. The maximum Gasteiger partial charge on any atom is 0.350 e. The molecular weight excluding hydrogens is 440 g/mol. The van der Waals surface area contributed by atoms with Crippen LogP contribution in [0.25, 0.3) is 0 Å². The van der Waals surface area contributed by atoms with Gasteiger partial charge in [-0.3, -0.25) is 10.1 Å². The summed E-state index contributed by atoms with van der Waals surface area (Å²) < 4.78 is 10.7. The van der Waals surface area contributed by atoms with Crippen molar-refractivity contribution in [3.05, 3.63) is 43.0 Å². The van der Waals surface area contributed by atoms with Crippen LogP contribution in [0.15, 0.2) is 32.9 Å². The molecule has 8 nitrogen and oxygen atoms in total. The standard InChI is InChI=1S/C13H10Br2N2O6/c1-13(2)22-11(18)7(12(19)23-13)5-16-10-8(15)3-6(14)4-9(10)17(20)21/h3-5,16H,1-2H3. The lowest BCUT2D eigenvalue weighted by molar-refractivity contribution is -0.384. The zero-order valence-electron chi connectivity index (χ0n) is 11.9. The number of ether oxygens (including phenoxy) is 2. The molecule has 1 aliphatic heterocycles. The highest BCUT2D eigenvalue weighted by Gasteiger charge is 2.39. The Hall–Kier alpha value is -1.94. The number of hydrogen-bond acceptors (Lipinski definition) is 7. The maximum absolute atomic E-state index is 11.8. The molecule has 0 aliphatic carbocycles. The fourth-order valence-electron chi connectivity index (χ4n) is 1.77. The molecule has 1 aromatic rings. The lowest BCUT2D eigenvalue weighted by atomic mass is 10.2. The maximum atomic E-state index is 11.8. The highest BCUT2D eigenvalue weighted by molar-refractivity contribution is 9.11. The molecule has 23 heavy (non-hydrogen) atoms. The van der Waals surface area contributed by atoms with Gasteiger partial charge in [0.25, 0.3) is 11.5 Å². The van der Waals surface area contributed by atoms with Crippen LogP contribution in [0.2, 0.25) is 0 Å². The summed E-state index contributed by atoms with van der Waals surface area (Å²) in [6.07, 6.45) is 1.01. The molecule has 122 valence electrons. The Morgan fingerprint density at radius 2 is 1.78 bits per heavy atom. The smallest absolute Gasteiger partial charge is 0.350 e. The molecule has 1 heterocycles. The first-order chi connectivity index (χ1) is 10.6. The van der Waals surface area contributed by atoms with E-state index in [0.717, 1.165) is 6.20 Å². The van der Waals surface area contributed by atoms with E-state index < -0.39 is 28.2 Å². The van der Waals surface area contributed by atoms with Crippen molar-refractivity contribution < 1.29 is 24.0 Å². The van der Waals surface area contributed by atoms with E-state index >= 15 is 0 Å². The first kappa shape index (κ1) is 17.4. The zero-order chi connectivity index (χ0) is 17.4. The molecule has 0 unspecified atom stereocenters. The van der Waals surface area contributed by atoms with Crippen molar-refractivity contribution >= 4 is 55.2 Å². The second-order valence-corrected chi connectivity index (χ2v) is 6.69. The van der Waals surface area contributed by atoms with Crippen LogP contribution in [0.3, 0.4) is 0 Å². The third-order valence-corrected chi connectivity index (χ3v) is 3.79. The molecule has 1 aromatic carbocycles. The van der Waals surface area contributed by atoms with Gasteiger partial charge in [0.15, 0.2) is 5.57 Å². The number of benzene rings is 1. The summed E-state index contributed by atoms with van der Waals surface area (Å²) in [6.45, 7) is 2.84. The van der Waals surface area contributed by atoms with E-state index in [1.807, 2.05) is 0 Å². The van der Waals surface area contributed by atoms with E-state index in [1.54, 1.807) is 6.07 Å². The minimum Gasteiger partial charge on any atom is -0.419 e. The van der Waals surface area contributed by atoms with Gasteiger partial charge in [-0.05, 0) is 22.0 Å². The van der Waals surface area contributed by atoms with Crippen LogP contribution >= 0.6 is 31.9 Å². The highest BCUT2D eigenvalue weighted by atomic mass is 79.9. The summed E-state index contributed by atoms with van der Waals surface area (Å²) in [5.74, 6) is -3.11. The molecule has 0 saturated carbocycles. The molecule has 1 aliphatic rings. The Labute approximate surface area is 147 Å². The van der Waals surface area contributed by atoms with E-state index in [9.17, 15) is 19.7 Å². The van der Waals surface area contributed by atoms with Gasteiger partial charge in [-0.15, -0.1) is 0 Å². The van der Waals surface area contributed by atoms with Gasteiger partial charge in [0.1, 0.15) is 5.69 Å². The Kier molecular flexibility index (Phi) is 4.76. The van der Waals surface area contributed by atoms with Crippen molar-refractivity contribution in [3.8, 4) is 0 Å². The Bertz CT molecular complexity index is 722. The predicted octanol–water partition coefficient (Wildman–Crippen LogP) is 3.25. The van der Waals surface area contributed by atoms with Crippen LogP contribution in [0.4, 0.5) is 11.4 Å². The first-order valence-corrected chi connectivity index (χ1v) is 7.76.